The van der Waals surface area contributed by atoms with Gasteiger partial charge in [-0.3, -0.25) is 0 Å². The molecule has 8 nitrogen and oxygen atoms in total. The molecule has 0 amide bonds. The number of phenols is 2. The molecule has 3 aromatic carbocycles. The molecule has 1 saturated heterocycles. The largest absolute Gasteiger partial charge is 0.661 e. The van der Waals surface area contributed by atoms with Gasteiger partial charge in [-0.1, -0.05) is 42.1 Å². The van der Waals surface area contributed by atoms with Gasteiger partial charge in [0.05, 0.1) is 5.69 Å². The number of nitrogens with one attached hydrogen (secondary N) is 1. The molecule has 0 spiro atoms. The Morgan fingerprint density at radius 3 is 2.49 bits per heavy atom. The molecule has 1 aliphatic heterocycles. The number of aromatic hydroxyl groups is 2. The average Bonchev–Trinajstić information content (AvgIpc) is 3.77. The van der Waals surface area contributed by atoms with Crippen molar-refractivity contribution in [1.29, 1.82) is 0 Å². The molecule has 2 aromatic heterocycles. The summed E-state index contributed by atoms with van der Waals surface area (Å²) in [5.74, 6) is 0.845. The number of para-hydroxylation sites is 1. The molecule has 9 heteroatoms. The van der Waals surface area contributed by atoms with Crippen LogP contribution < -0.4 is 4.90 Å². The number of phenolic OH excluding ortho intramolecular Hbond substituents is 2. The van der Waals surface area contributed by atoms with Gasteiger partial charge in [0.2, 0.25) is 0 Å². The molecule has 2 fully saturated rings. The Labute approximate surface area is 265 Å². The molecule has 3 N–H and O–H groups in total. The first kappa shape index (κ1) is 29.0. The van der Waals surface area contributed by atoms with Gasteiger partial charge in [-0.15, -0.1) is 0 Å². The Morgan fingerprint density at radius 2 is 1.72 bits per heavy atom. The summed E-state index contributed by atoms with van der Waals surface area (Å²) in [7, 11) is 2.16. The number of hydrogen-bond donors (Lipinski definition) is 3. The zero-order valence-corrected chi connectivity index (χ0v) is 26.9. The predicted octanol–water partition coefficient (Wildman–Crippen LogP) is 7.01. The van der Waals surface area contributed by atoms with Crippen LogP contribution in [0.5, 0.6) is 11.5 Å². The number of piperazine rings is 1. The maximum absolute atomic E-state index is 11.2. The fourth-order valence-electron chi connectivity index (χ4n) is 5.63. The first-order valence-electron chi connectivity index (χ1n) is 14.4. The van der Waals surface area contributed by atoms with Gasteiger partial charge in [-0.25, -0.2) is 9.97 Å². The molecule has 0 unspecified atom stereocenters. The molecule has 1 saturated carbocycles. The minimum atomic E-state index is 0. The van der Waals surface area contributed by atoms with Crippen molar-refractivity contribution in [2.24, 2.45) is 0 Å². The predicted molar refractivity (Wildman–Crippen MR) is 168 cm³/mol. The molecule has 43 heavy (non-hydrogen) atoms. The van der Waals surface area contributed by atoms with Crippen LogP contribution in [0.15, 0.2) is 79.3 Å². The second-order valence-electron chi connectivity index (χ2n) is 11.2. The monoisotopic (exact) mass is 741 g/mol. The van der Waals surface area contributed by atoms with E-state index in [1.54, 1.807) is 24.4 Å². The Bertz CT molecular complexity index is 1770. The number of benzene rings is 3. The minimum absolute atomic E-state index is 0. The van der Waals surface area contributed by atoms with Crippen LogP contribution in [-0.2, 0) is 21.1 Å². The second kappa shape index (κ2) is 12.2. The van der Waals surface area contributed by atoms with E-state index in [2.05, 4.69) is 61.4 Å². The number of rotatable bonds is 7. The van der Waals surface area contributed by atoms with Crippen molar-refractivity contribution in [3.8, 4) is 34.0 Å². The van der Waals surface area contributed by atoms with Gasteiger partial charge in [0.25, 0.3) is 0 Å². The Morgan fingerprint density at radius 1 is 0.930 bits per heavy atom. The van der Waals surface area contributed by atoms with Gasteiger partial charge in [-0.2, -0.15) is 6.20 Å². The summed E-state index contributed by atoms with van der Waals surface area (Å²) in [5, 5.41) is 26.8. The zero-order valence-electron chi connectivity index (χ0n) is 23.9. The number of hydrogen-bond acceptors (Lipinski definition) is 6. The number of aromatic nitrogens is 3. The molecule has 3 heterocycles. The summed E-state index contributed by atoms with van der Waals surface area (Å²) in [4.78, 5) is 17.2. The Balaban J connectivity index is 0.00000329. The van der Waals surface area contributed by atoms with Gasteiger partial charge >= 0.3 is 0 Å². The maximum atomic E-state index is 11.2. The molecule has 5 aromatic rings. The van der Waals surface area contributed by atoms with E-state index in [-0.39, 0.29) is 32.6 Å². The van der Waals surface area contributed by atoms with Crippen LogP contribution in [0.4, 0.5) is 11.4 Å². The quantitative estimate of drug-likeness (QED) is 0.166. The van der Waals surface area contributed by atoms with Crippen LogP contribution >= 0.6 is 0 Å². The number of nitrogens with zero attached hydrogens (tertiary/aromatic N) is 5. The number of H-pyrrole nitrogens is 1. The summed E-state index contributed by atoms with van der Waals surface area (Å²) < 4.78 is 0. The Kier molecular flexibility index (Phi) is 8.24. The van der Waals surface area contributed by atoms with Crippen LogP contribution in [-0.4, -0.2) is 63.3 Å². The smallest absolute Gasteiger partial charge is 0.141 e. The van der Waals surface area contributed by atoms with E-state index in [4.69, 9.17) is 0 Å². The number of anilines is 1. The Hall–Kier alpha value is -4.13. The van der Waals surface area contributed by atoms with E-state index < -0.39 is 0 Å². The molecule has 0 atom stereocenters. The van der Waals surface area contributed by atoms with Crippen molar-refractivity contribution >= 4 is 28.5 Å². The van der Waals surface area contributed by atoms with Crippen LogP contribution in [0.3, 0.4) is 0 Å². The summed E-state index contributed by atoms with van der Waals surface area (Å²) in [6, 6.07) is 21.8. The number of aromatic amines is 1. The van der Waals surface area contributed by atoms with E-state index in [1.807, 2.05) is 30.3 Å². The van der Waals surface area contributed by atoms with Crippen LogP contribution in [0.1, 0.15) is 29.9 Å². The molecule has 218 valence electrons. The maximum Gasteiger partial charge on any atom is 0.141 e. The van der Waals surface area contributed by atoms with E-state index in [0.29, 0.717) is 34.1 Å². The molecule has 0 bridgehead atoms. The van der Waals surface area contributed by atoms with E-state index in [1.165, 1.54) is 30.4 Å². The zero-order chi connectivity index (χ0) is 28.6. The summed E-state index contributed by atoms with van der Waals surface area (Å²) >= 11 is 0. The third-order valence-electron chi connectivity index (χ3n) is 8.31. The standard InChI is InChI=1S/C34H33N6O2.W/c1-39-15-17-40(18-16-39)26-10-7-23(8-11-26)30-20-28-32(36-21-37-34(28)38-30)27-3-2-4-29(33(27)42)35-14-13-25-19-24(22-5-6-22)9-12-31(25)41;/h2-4,7-14,19-22,41H,5-6,15-18H2,1H3,(H2,36,37,38,42);/q-1;/b14-13-;. The van der Waals surface area contributed by atoms with Gasteiger partial charge in [0.1, 0.15) is 23.5 Å². The molecular weight excluding hydrogens is 708 g/mol. The van der Waals surface area contributed by atoms with Crippen molar-refractivity contribution < 1.29 is 31.3 Å². The summed E-state index contributed by atoms with van der Waals surface area (Å²) in [5.41, 5.74) is 7.51. The van der Waals surface area contributed by atoms with Crippen molar-refractivity contribution in [2.45, 2.75) is 18.8 Å². The second-order valence-corrected chi connectivity index (χ2v) is 11.2. The minimum Gasteiger partial charge on any atom is -0.661 e. The molecule has 0 radical (unpaired) electrons. The first-order valence-corrected chi connectivity index (χ1v) is 14.4. The van der Waals surface area contributed by atoms with Crippen molar-refractivity contribution in [2.75, 3.05) is 38.1 Å². The fraction of sp³-hybridized carbons (Fsp3) is 0.235. The topological polar surface area (TPSA) is 103 Å². The normalized spacial score (nSPS) is 15.6. The SMILES string of the molecule is CN1CCN(c2ccc(-c3cc4c(-c5cccc([N-]/C=C\c6cc(C7CC7)ccc6O)c5O)ncnc4[nH]3)cc2)CC1.[W]. The number of fused-ring (bicyclic) bond motifs is 1. The van der Waals surface area contributed by atoms with E-state index in [9.17, 15) is 10.2 Å². The third kappa shape index (κ3) is 6.03. The third-order valence-corrected chi connectivity index (χ3v) is 8.31. The van der Waals surface area contributed by atoms with Crippen molar-refractivity contribution in [3.63, 3.8) is 0 Å². The average molecular weight is 742 g/mol. The molecule has 2 aliphatic rings. The van der Waals surface area contributed by atoms with Gasteiger partial charge in [0.15, 0.2) is 0 Å². The summed E-state index contributed by atoms with van der Waals surface area (Å²) in [6.07, 6.45) is 7.28. The molecule has 7 rings (SSSR count). The molecular formula is C34H33N6O2W-. The van der Waals surface area contributed by atoms with Crippen molar-refractivity contribution in [1.82, 2.24) is 19.9 Å². The first-order chi connectivity index (χ1) is 20.5. The van der Waals surface area contributed by atoms with Gasteiger partial charge in [-0.05, 0) is 73.3 Å². The fourth-order valence-corrected chi connectivity index (χ4v) is 5.63. The van der Waals surface area contributed by atoms with Crippen LogP contribution in [0, 0.1) is 0 Å². The van der Waals surface area contributed by atoms with Crippen LogP contribution in [0.25, 0.3) is 44.9 Å². The van der Waals surface area contributed by atoms with Crippen molar-refractivity contribution in [3.05, 3.63) is 95.7 Å². The van der Waals surface area contributed by atoms with Gasteiger partial charge in [0, 0.05) is 75.1 Å². The van der Waals surface area contributed by atoms with Gasteiger partial charge < -0.3 is 30.3 Å². The van der Waals surface area contributed by atoms with E-state index in [0.717, 1.165) is 42.8 Å². The molecule has 1 aliphatic carbocycles. The van der Waals surface area contributed by atoms with E-state index >= 15 is 0 Å². The number of likely N-dealkylation sites (N-methyl/N-ethyl adjacent to an activating group) is 1. The van der Waals surface area contributed by atoms with Crippen LogP contribution in [0.2, 0.25) is 0 Å². The summed E-state index contributed by atoms with van der Waals surface area (Å²) in [6.45, 7) is 4.20.